The van der Waals surface area contributed by atoms with E-state index in [1.165, 1.54) is 84.2 Å². The average molecular weight is 637 g/mol. The molecule has 45 heavy (non-hydrogen) atoms. The molecule has 1 rings (SSSR count). The number of alkyl carbamates (subject to hydrolysis) is 3. The molecule has 1 heterocycles. The van der Waals surface area contributed by atoms with Crippen molar-refractivity contribution in [1.29, 1.82) is 0 Å². The Hall–Kier alpha value is -3.08. The van der Waals surface area contributed by atoms with E-state index < -0.39 is 24.4 Å². The average Bonchev–Trinajstić information content (AvgIpc) is 3.05. The molecule has 2 unspecified atom stereocenters. The van der Waals surface area contributed by atoms with Crippen LogP contribution in [0.1, 0.15) is 122 Å². The summed E-state index contributed by atoms with van der Waals surface area (Å²) in [6, 6.07) is 5.52. The van der Waals surface area contributed by atoms with Crippen molar-refractivity contribution < 1.29 is 33.3 Å². The molecule has 3 N–H and O–H groups in total. The first-order chi connectivity index (χ1) is 22.0. The summed E-state index contributed by atoms with van der Waals surface area (Å²) in [7, 11) is 1.44. The molecule has 0 saturated carbocycles. The van der Waals surface area contributed by atoms with Gasteiger partial charge in [0.25, 0.3) is 0 Å². The number of aromatic nitrogens is 1. The Labute approximate surface area is 271 Å². The van der Waals surface area contributed by atoms with E-state index in [0.717, 1.165) is 19.3 Å². The number of amides is 3. The lowest BCUT2D eigenvalue weighted by molar-refractivity contribution is -0.00458. The van der Waals surface area contributed by atoms with Crippen LogP contribution in [0.15, 0.2) is 24.4 Å². The van der Waals surface area contributed by atoms with E-state index in [4.69, 9.17) is 18.9 Å². The Morgan fingerprint density at radius 3 is 1.89 bits per heavy atom. The predicted octanol–water partition coefficient (Wildman–Crippen LogP) is 7.43. The minimum atomic E-state index is -0.634. The number of unbranched alkanes of at least 4 members (excludes halogenated alkanes) is 12. The van der Waals surface area contributed by atoms with Crippen LogP contribution in [0.3, 0.4) is 0 Å². The van der Waals surface area contributed by atoms with Gasteiger partial charge in [-0.15, -0.1) is 0 Å². The molecule has 0 bridgehead atoms. The molecule has 2 atom stereocenters. The van der Waals surface area contributed by atoms with Gasteiger partial charge in [0.05, 0.1) is 18.8 Å². The number of pyridine rings is 1. The highest BCUT2D eigenvalue weighted by Gasteiger charge is 2.15. The Bertz CT molecular complexity index is 875. The van der Waals surface area contributed by atoms with Crippen LogP contribution in [0.2, 0.25) is 0 Å². The van der Waals surface area contributed by atoms with E-state index in [2.05, 4.69) is 34.8 Å². The maximum absolute atomic E-state index is 12.2. The fourth-order valence-corrected chi connectivity index (χ4v) is 4.71. The first-order valence-corrected chi connectivity index (χ1v) is 17.2. The second kappa shape index (κ2) is 28.4. The molecule has 11 heteroatoms. The summed E-state index contributed by atoms with van der Waals surface area (Å²) in [5.74, 6) is 0. The fraction of sp³-hybridized carbons (Fsp3) is 0.765. The number of hydrogen-bond acceptors (Lipinski definition) is 8. The van der Waals surface area contributed by atoms with E-state index in [1.807, 2.05) is 6.07 Å². The van der Waals surface area contributed by atoms with Gasteiger partial charge in [0, 0.05) is 25.9 Å². The van der Waals surface area contributed by atoms with Crippen LogP contribution in [0.4, 0.5) is 14.4 Å². The number of hydrogen-bond donors (Lipinski definition) is 3. The van der Waals surface area contributed by atoms with E-state index >= 15 is 0 Å². The zero-order valence-corrected chi connectivity index (χ0v) is 28.1. The summed E-state index contributed by atoms with van der Waals surface area (Å²) < 4.78 is 20.7. The van der Waals surface area contributed by atoms with Crippen LogP contribution in [0.5, 0.6) is 0 Å². The highest BCUT2D eigenvalue weighted by atomic mass is 16.6. The Balaban J connectivity index is 2.00. The summed E-state index contributed by atoms with van der Waals surface area (Å²) in [6.07, 6.45) is 18.8. The van der Waals surface area contributed by atoms with Gasteiger partial charge in [-0.1, -0.05) is 103 Å². The summed E-state index contributed by atoms with van der Waals surface area (Å²) in [5.41, 5.74) is 0.703. The second-order valence-electron chi connectivity index (χ2n) is 11.4. The molecular weight excluding hydrogens is 576 g/mol. The number of ether oxygens (including phenoxy) is 4. The van der Waals surface area contributed by atoms with Crippen LogP contribution in [0, 0.1) is 0 Å². The van der Waals surface area contributed by atoms with Crippen LogP contribution in [-0.4, -0.2) is 68.9 Å². The monoisotopic (exact) mass is 636 g/mol. The zero-order chi connectivity index (χ0) is 32.8. The van der Waals surface area contributed by atoms with E-state index in [1.54, 1.807) is 18.3 Å². The predicted molar refractivity (Wildman–Crippen MR) is 176 cm³/mol. The van der Waals surface area contributed by atoms with Gasteiger partial charge in [-0.3, -0.25) is 4.98 Å². The van der Waals surface area contributed by atoms with Crippen molar-refractivity contribution in [2.75, 3.05) is 33.5 Å². The lowest BCUT2D eigenvalue weighted by Gasteiger charge is -2.17. The smallest absolute Gasteiger partial charge is 0.407 e. The van der Waals surface area contributed by atoms with Gasteiger partial charge in [0.1, 0.15) is 19.3 Å². The molecule has 3 amide bonds. The van der Waals surface area contributed by atoms with E-state index in [9.17, 15) is 14.4 Å². The number of nitrogens with zero attached hydrogens (tertiary/aromatic N) is 1. The lowest BCUT2D eigenvalue weighted by Crippen LogP contribution is -2.35. The Morgan fingerprint density at radius 2 is 1.33 bits per heavy atom. The highest BCUT2D eigenvalue weighted by Crippen LogP contribution is 2.14. The molecule has 0 aliphatic carbocycles. The number of nitrogens with one attached hydrogen (secondary N) is 3. The minimum Gasteiger partial charge on any atom is -0.449 e. The highest BCUT2D eigenvalue weighted by molar-refractivity contribution is 5.68. The number of carbonyl (C=O) groups is 3. The summed E-state index contributed by atoms with van der Waals surface area (Å²) >= 11 is 0. The van der Waals surface area contributed by atoms with Gasteiger partial charge in [-0.05, 0) is 31.4 Å². The molecule has 0 radical (unpaired) electrons. The lowest BCUT2D eigenvalue weighted by atomic mass is 10.0. The maximum Gasteiger partial charge on any atom is 0.407 e. The molecule has 1 aromatic heterocycles. The second-order valence-corrected chi connectivity index (χ2v) is 11.4. The van der Waals surface area contributed by atoms with Crippen molar-refractivity contribution in [3.63, 3.8) is 0 Å². The van der Waals surface area contributed by atoms with Gasteiger partial charge in [0.15, 0.2) is 0 Å². The largest absolute Gasteiger partial charge is 0.449 e. The molecule has 0 aromatic carbocycles. The molecule has 0 saturated heterocycles. The van der Waals surface area contributed by atoms with Crippen molar-refractivity contribution in [3.8, 4) is 0 Å². The van der Waals surface area contributed by atoms with Gasteiger partial charge >= 0.3 is 18.3 Å². The molecule has 0 aliphatic heterocycles. The van der Waals surface area contributed by atoms with Crippen LogP contribution in [-0.2, 0) is 25.5 Å². The zero-order valence-electron chi connectivity index (χ0n) is 28.1. The number of methoxy groups -OCH3 is 1. The van der Waals surface area contributed by atoms with E-state index in [0.29, 0.717) is 12.1 Å². The third-order valence-electron chi connectivity index (χ3n) is 7.57. The molecule has 258 valence electrons. The van der Waals surface area contributed by atoms with Crippen molar-refractivity contribution in [1.82, 2.24) is 20.9 Å². The molecule has 0 fully saturated rings. The summed E-state index contributed by atoms with van der Waals surface area (Å²) in [4.78, 5) is 40.1. The van der Waals surface area contributed by atoms with Crippen LogP contribution >= 0.6 is 0 Å². The Morgan fingerprint density at radius 1 is 0.733 bits per heavy atom. The number of rotatable bonds is 27. The SMILES string of the molecule is CCCCCCCCCCCCCCCC(CC)NC(=O)OCCCNC(=O)OCC(COC(=O)NCc1ccccn1)OC. The van der Waals surface area contributed by atoms with Crippen molar-refractivity contribution in [2.24, 2.45) is 0 Å². The molecular formula is C34H60N4O7. The third kappa shape index (κ3) is 23.9. The molecule has 11 nitrogen and oxygen atoms in total. The Kier molecular flexibility index (Phi) is 25.2. The molecule has 0 spiro atoms. The summed E-state index contributed by atoms with van der Waals surface area (Å²) in [6.45, 7) is 4.86. The van der Waals surface area contributed by atoms with Gasteiger partial charge in [-0.25, -0.2) is 14.4 Å². The first kappa shape index (κ1) is 39.9. The molecule has 0 aliphatic rings. The maximum atomic E-state index is 12.2. The third-order valence-corrected chi connectivity index (χ3v) is 7.57. The standard InChI is InChI=1S/C34H60N4O7/c1-4-6-7-8-9-10-11-12-13-14-15-16-17-21-29(5-2)38-34(41)43-25-20-24-36-32(39)44-27-31(42-3)28-45-33(40)37-26-30-22-18-19-23-35-30/h18-19,22-23,29,31H,4-17,20-21,24-28H2,1-3H3,(H,36,39)(H,37,40)(H,38,41). The number of carbonyl (C=O) groups excluding carboxylic acids is 3. The van der Waals surface area contributed by atoms with Crippen molar-refractivity contribution >= 4 is 18.3 Å². The normalized spacial score (nSPS) is 12.2. The molecule has 1 aromatic rings. The quantitative estimate of drug-likeness (QED) is 0.0670. The van der Waals surface area contributed by atoms with Crippen molar-refractivity contribution in [3.05, 3.63) is 30.1 Å². The topological polar surface area (TPSA) is 137 Å². The van der Waals surface area contributed by atoms with E-state index in [-0.39, 0.29) is 39.0 Å². The van der Waals surface area contributed by atoms with Gasteiger partial charge in [0.2, 0.25) is 0 Å². The van der Waals surface area contributed by atoms with Gasteiger partial charge < -0.3 is 34.9 Å². The van der Waals surface area contributed by atoms with Crippen LogP contribution in [0.25, 0.3) is 0 Å². The summed E-state index contributed by atoms with van der Waals surface area (Å²) in [5, 5.41) is 8.15. The minimum absolute atomic E-state index is 0.0844. The van der Waals surface area contributed by atoms with Crippen LogP contribution < -0.4 is 16.0 Å². The van der Waals surface area contributed by atoms with Gasteiger partial charge in [-0.2, -0.15) is 0 Å². The fourth-order valence-electron chi connectivity index (χ4n) is 4.71. The van der Waals surface area contributed by atoms with Crippen molar-refractivity contribution in [2.45, 2.75) is 135 Å². The first-order valence-electron chi connectivity index (χ1n) is 17.2.